The zero-order chi connectivity index (χ0) is 9.42. The molecule has 2 rings (SSSR count). The highest BCUT2D eigenvalue weighted by atomic mass is 79.9. The molecule has 0 bridgehead atoms. The fraction of sp³-hybridized carbons (Fsp3) is 0.667. The number of nitrogens with zero attached hydrogens (tertiary/aromatic N) is 2. The van der Waals surface area contributed by atoms with Crippen LogP contribution < -0.4 is 0 Å². The van der Waals surface area contributed by atoms with Crippen molar-refractivity contribution in [3.8, 4) is 0 Å². The lowest BCUT2D eigenvalue weighted by molar-refractivity contribution is 0.159. The highest BCUT2D eigenvalue weighted by molar-refractivity contribution is 9.10. The Hall–Kier alpha value is -0.350. The first-order valence-corrected chi connectivity index (χ1v) is 5.33. The quantitative estimate of drug-likeness (QED) is 0.884. The SMILES string of the molecule is Cn1ncc(C(O)CC2CC2)c1Br. The lowest BCUT2D eigenvalue weighted by Gasteiger charge is -2.07. The van der Waals surface area contributed by atoms with Crippen LogP contribution in [0.3, 0.4) is 0 Å². The van der Waals surface area contributed by atoms with E-state index in [2.05, 4.69) is 21.0 Å². The molecular weight excluding hydrogens is 232 g/mol. The third-order valence-corrected chi connectivity index (χ3v) is 3.48. The molecule has 1 atom stereocenters. The van der Waals surface area contributed by atoms with E-state index in [0.29, 0.717) is 0 Å². The largest absolute Gasteiger partial charge is 0.388 e. The van der Waals surface area contributed by atoms with Crippen LogP contribution in [0.2, 0.25) is 0 Å². The molecule has 13 heavy (non-hydrogen) atoms. The van der Waals surface area contributed by atoms with Crippen molar-refractivity contribution in [2.45, 2.75) is 25.4 Å². The summed E-state index contributed by atoms with van der Waals surface area (Å²) in [7, 11) is 1.86. The van der Waals surface area contributed by atoms with Crippen molar-refractivity contribution in [2.75, 3.05) is 0 Å². The van der Waals surface area contributed by atoms with Crippen LogP contribution in [0.5, 0.6) is 0 Å². The minimum atomic E-state index is -0.351. The molecule has 0 amide bonds. The van der Waals surface area contributed by atoms with E-state index in [1.165, 1.54) is 12.8 Å². The minimum absolute atomic E-state index is 0.351. The van der Waals surface area contributed by atoms with E-state index in [-0.39, 0.29) is 6.10 Å². The van der Waals surface area contributed by atoms with Gasteiger partial charge in [0.15, 0.2) is 0 Å². The van der Waals surface area contributed by atoms with Crippen LogP contribution in [0.25, 0.3) is 0 Å². The van der Waals surface area contributed by atoms with Crippen molar-refractivity contribution in [2.24, 2.45) is 13.0 Å². The Balaban J connectivity index is 2.09. The Morgan fingerprint density at radius 2 is 2.46 bits per heavy atom. The summed E-state index contributed by atoms with van der Waals surface area (Å²) in [5, 5.41) is 13.9. The van der Waals surface area contributed by atoms with Gasteiger partial charge in [-0.05, 0) is 28.3 Å². The molecule has 1 N–H and O–H groups in total. The second-order valence-electron chi connectivity index (χ2n) is 3.71. The van der Waals surface area contributed by atoms with Gasteiger partial charge in [-0.3, -0.25) is 4.68 Å². The van der Waals surface area contributed by atoms with Crippen LogP contribution >= 0.6 is 15.9 Å². The summed E-state index contributed by atoms with van der Waals surface area (Å²) in [4.78, 5) is 0. The molecule has 1 fully saturated rings. The van der Waals surface area contributed by atoms with E-state index >= 15 is 0 Å². The monoisotopic (exact) mass is 244 g/mol. The molecule has 1 heterocycles. The fourth-order valence-corrected chi connectivity index (χ4v) is 1.92. The molecule has 1 saturated carbocycles. The van der Waals surface area contributed by atoms with E-state index in [1.54, 1.807) is 10.9 Å². The third kappa shape index (κ3) is 1.94. The molecule has 1 aliphatic rings. The Morgan fingerprint density at radius 1 is 1.77 bits per heavy atom. The average molecular weight is 245 g/mol. The Kier molecular flexibility index (Phi) is 2.43. The topological polar surface area (TPSA) is 38.0 Å². The fourth-order valence-electron chi connectivity index (χ4n) is 1.46. The Bertz CT molecular complexity index is 307. The van der Waals surface area contributed by atoms with Crippen LogP contribution in [0.15, 0.2) is 10.8 Å². The van der Waals surface area contributed by atoms with Gasteiger partial charge in [-0.25, -0.2) is 0 Å². The number of aliphatic hydroxyl groups is 1. The molecule has 1 aromatic heterocycles. The predicted molar refractivity (Wildman–Crippen MR) is 53.2 cm³/mol. The average Bonchev–Trinajstić information content (AvgIpc) is 2.82. The van der Waals surface area contributed by atoms with Gasteiger partial charge >= 0.3 is 0 Å². The van der Waals surface area contributed by atoms with Crippen LogP contribution in [-0.2, 0) is 7.05 Å². The number of aromatic nitrogens is 2. The van der Waals surface area contributed by atoms with Gasteiger partial charge in [0, 0.05) is 12.6 Å². The van der Waals surface area contributed by atoms with Gasteiger partial charge in [0.2, 0.25) is 0 Å². The molecule has 1 unspecified atom stereocenters. The maximum absolute atomic E-state index is 9.84. The molecule has 1 aromatic rings. The normalized spacial score (nSPS) is 19.0. The van der Waals surface area contributed by atoms with Crippen molar-refractivity contribution in [1.29, 1.82) is 0 Å². The molecule has 72 valence electrons. The van der Waals surface area contributed by atoms with E-state index in [4.69, 9.17) is 0 Å². The first-order valence-electron chi connectivity index (χ1n) is 4.54. The summed E-state index contributed by atoms with van der Waals surface area (Å²) >= 11 is 3.40. The number of aryl methyl sites for hydroxylation is 1. The third-order valence-electron chi connectivity index (χ3n) is 2.50. The Morgan fingerprint density at radius 3 is 2.92 bits per heavy atom. The van der Waals surface area contributed by atoms with Gasteiger partial charge in [-0.1, -0.05) is 12.8 Å². The van der Waals surface area contributed by atoms with Gasteiger partial charge in [0.25, 0.3) is 0 Å². The second-order valence-corrected chi connectivity index (χ2v) is 4.46. The number of rotatable bonds is 3. The smallest absolute Gasteiger partial charge is 0.109 e. The molecular formula is C9H13BrN2O. The van der Waals surface area contributed by atoms with E-state index in [9.17, 15) is 5.11 Å². The number of aliphatic hydroxyl groups excluding tert-OH is 1. The predicted octanol–water partition coefficient (Wildman–Crippen LogP) is 2.02. The molecule has 0 spiro atoms. The van der Waals surface area contributed by atoms with Gasteiger partial charge in [-0.2, -0.15) is 5.10 Å². The van der Waals surface area contributed by atoms with Crippen molar-refractivity contribution in [3.05, 3.63) is 16.4 Å². The first-order chi connectivity index (χ1) is 6.18. The number of halogens is 1. The lowest BCUT2D eigenvalue weighted by Crippen LogP contribution is -1.98. The highest BCUT2D eigenvalue weighted by Gasteiger charge is 2.26. The van der Waals surface area contributed by atoms with E-state index in [0.717, 1.165) is 22.5 Å². The van der Waals surface area contributed by atoms with Crippen molar-refractivity contribution >= 4 is 15.9 Å². The maximum Gasteiger partial charge on any atom is 0.109 e. The first kappa shape index (κ1) is 9.21. The molecule has 0 saturated heterocycles. The molecule has 0 aliphatic heterocycles. The second kappa shape index (κ2) is 3.42. The van der Waals surface area contributed by atoms with Crippen LogP contribution in [0.1, 0.15) is 30.9 Å². The molecule has 3 nitrogen and oxygen atoms in total. The Labute approximate surface area is 85.9 Å². The summed E-state index contributed by atoms with van der Waals surface area (Å²) in [5.41, 5.74) is 0.911. The van der Waals surface area contributed by atoms with Gasteiger partial charge in [0.1, 0.15) is 4.60 Å². The summed E-state index contributed by atoms with van der Waals surface area (Å²) in [6, 6.07) is 0. The zero-order valence-corrected chi connectivity index (χ0v) is 9.16. The van der Waals surface area contributed by atoms with Crippen LogP contribution in [0, 0.1) is 5.92 Å². The van der Waals surface area contributed by atoms with Crippen molar-refractivity contribution < 1.29 is 5.11 Å². The van der Waals surface area contributed by atoms with Crippen molar-refractivity contribution in [1.82, 2.24) is 9.78 Å². The summed E-state index contributed by atoms with van der Waals surface area (Å²) in [6.45, 7) is 0. The lowest BCUT2D eigenvalue weighted by atomic mass is 10.1. The van der Waals surface area contributed by atoms with E-state index < -0.39 is 0 Å². The highest BCUT2D eigenvalue weighted by Crippen LogP contribution is 2.38. The summed E-state index contributed by atoms with van der Waals surface area (Å²) in [5.74, 6) is 0.738. The molecule has 1 aliphatic carbocycles. The minimum Gasteiger partial charge on any atom is -0.388 e. The van der Waals surface area contributed by atoms with Crippen LogP contribution in [-0.4, -0.2) is 14.9 Å². The number of hydrogen-bond acceptors (Lipinski definition) is 2. The van der Waals surface area contributed by atoms with E-state index in [1.807, 2.05) is 7.05 Å². The molecule has 4 heteroatoms. The van der Waals surface area contributed by atoms with Gasteiger partial charge in [0.05, 0.1) is 12.3 Å². The molecule has 0 aromatic carbocycles. The van der Waals surface area contributed by atoms with Crippen molar-refractivity contribution in [3.63, 3.8) is 0 Å². The van der Waals surface area contributed by atoms with Gasteiger partial charge < -0.3 is 5.11 Å². The summed E-state index contributed by atoms with van der Waals surface area (Å²) in [6.07, 6.45) is 4.81. The zero-order valence-electron chi connectivity index (χ0n) is 7.57. The van der Waals surface area contributed by atoms with Gasteiger partial charge in [-0.15, -0.1) is 0 Å². The standard InChI is InChI=1S/C9H13BrN2O/c1-12-9(10)7(5-11-12)8(13)4-6-2-3-6/h5-6,8,13H,2-4H2,1H3. The number of hydrogen-bond donors (Lipinski definition) is 1. The molecule has 0 radical (unpaired) electrons. The summed E-state index contributed by atoms with van der Waals surface area (Å²) < 4.78 is 2.62. The van der Waals surface area contributed by atoms with Crippen LogP contribution in [0.4, 0.5) is 0 Å². The maximum atomic E-state index is 9.84.